The predicted octanol–water partition coefficient (Wildman–Crippen LogP) is 2.50. The van der Waals surface area contributed by atoms with Crippen LogP contribution in [0.5, 0.6) is 0 Å². The zero-order valence-corrected chi connectivity index (χ0v) is 15.8. The first kappa shape index (κ1) is 19.1. The molecule has 2 amide bonds. The molecule has 0 aromatic heterocycles. The minimum Gasteiger partial charge on any atom is -0.352 e. The van der Waals surface area contributed by atoms with Crippen LogP contribution < -0.4 is 10.6 Å². The number of carbonyl (C=O) groups excluding carboxylic acids is 2. The highest BCUT2D eigenvalue weighted by Gasteiger charge is 2.15. The van der Waals surface area contributed by atoms with Crippen LogP contribution in [0.2, 0.25) is 0 Å². The van der Waals surface area contributed by atoms with E-state index in [-0.39, 0.29) is 11.8 Å². The fraction of sp³-hybridized carbons (Fsp3) is 0.364. The van der Waals surface area contributed by atoms with Gasteiger partial charge in [-0.05, 0) is 41.7 Å². The van der Waals surface area contributed by atoms with Crippen molar-refractivity contribution in [2.75, 3.05) is 19.6 Å². The van der Waals surface area contributed by atoms with Crippen molar-refractivity contribution in [1.29, 1.82) is 0 Å². The van der Waals surface area contributed by atoms with Crippen LogP contribution in [0.15, 0.2) is 48.5 Å². The van der Waals surface area contributed by atoms with Crippen LogP contribution >= 0.6 is 0 Å². The molecule has 0 bridgehead atoms. The molecule has 0 atom stereocenters. The second kappa shape index (κ2) is 9.33. The molecule has 2 aromatic rings. The molecule has 0 saturated carbocycles. The number of nitrogens with zero attached hydrogens (tertiary/aromatic N) is 1. The van der Waals surface area contributed by atoms with Crippen molar-refractivity contribution in [3.05, 3.63) is 70.8 Å². The van der Waals surface area contributed by atoms with Gasteiger partial charge in [0.1, 0.15) is 0 Å². The molecule has 0 unspecified atom stereocenters. The van der Waals surface area contributed by atoms with Gasteiger partial charge in [-0.1, -0.05) is 36.4 Å². The Hall–Kier alpha value is -2.66. The summed E-state index contributed by atoms with van der Waals surface area (Å²) in [7, 11) is 0. The van der Waals surface area contributed by atoms with Gasteiger partial charge in [-0.25, -0.2) is 0 Å². The van der Waals surface area contributed by atoms with Crippen LogP contribution in [0, 0.1) is 0 Å². The highest BCUT2D eigenvalue weighted by Crippen LogP contribution is 2.18. The van der Waals surface area contributed by atoms with Crippen LogP contribution in [-0.4, -0.2) is 36.3 Å². The molecule has 0 aliphatic carbocycles. The van der Waals surface area contributed by atoms with Gasteiger partial charge in [0.15, 0.2) is 0 Å². The first-order valence-corrected chi connectivity index (χ1v) is 9.52. The summed E-state index contributed by atoms with van der Waals surface area (Å²) in [6, 6.07) is 16.0. The number of fused-ring (bicyclic) bond motifs is 1. The number of carbonyl (C=O) groups is 2. The lowest BCUT2D eigenvalue weighted by Gasteiger charge is -2.28. The largest absolute Gasteiger partial charge is 0.352 e. The number of hydrogen-bond donors (Lipinski definition) is 2. The fourth-order valence-corrected chi connectivity index (χ4v) is 3.35. The van der Waals surface area contributed by atoms with Gasteiger partial charge in [0.05, 0.1) is 0 Å². The summed E-state index contributed by atoms with van der Waals surface area (Å²) in [4.78, 5) is 25.6. The quantitative estimate of drug-likeness (QED) is 0.741. The maximum Gasteiger partial charge on any atom is 0.251 e. The van der Waals surface area contributed by atoms with Crippen molar-refractivity contribution in [2.24, 2.45) is 0 Å². The number of benzene rings is 2. The lowest BCUT2D eigenvalue weighted by molar-refractivity contribution is -0.119. The number of rotatable bonds is 7. The average molecular weight is 365 g/mol. The van der Waals surface area contributed by atoms with E-state index in [0.717, 1.165) is 38.0 Å². The van der Waals surface area contributed by atoms with E-state index in [4.69, 9.17) is 0 Å². The maximum absolute atomic E-state index is 12.2. The lowest BCUT2D eigenvalue weighted by atomic mass is 10.00. The van der Waals surface area contributed by atoms with E-state index in [1.165, 1.54) is 18.1 Å². The van der Waals surface area contributed by atoms with Crippen molar-refractivity contribution in [2.45, 2.75) is 32.9 Å². The van der Waals surface area contributed by atoms with Gasteiger partial charge >= 0.3 is 0 Å². The molecule has 2 N–H and O–H groups in total. The first-order valence-electron chi connectivity index (χ1n) is 9.52. The average Bonchev–Trinajstić information content (AvgIpc) is 2.69. The molecule has 2 aromatic carbocycles. The van der Waals surface area contributed by atoms with E-state index in [9.17, 15) is 9.59 Å². The smallest absolute Gasteiger partial charge is 0.251 e. The van der Waals surface area contributed by atoms with Crippen LogP contribution in [0.3, 0.4) is 0 Å². The molecule has 3 rings (SSSR count). The number of amides is 2. The Morgan fingerprint density at radius 1 is 1.00 bits per heavy atom. The Bertz CT molecular complexity index is 786. The molecule has 142 valence electrons. The minimum absolute atomic E-state index is 0.0509. The molecular formula is C22H27N3O2. The van der Waals surface area contributed by atoms with Gasteiger partial charge in [0.25, 0.3) is 5.91 Å². The number of hydrogen-bond acceptors (Lipinski definition) is 3. The van der Waals surface area contributed by atoms with Crippen molar-refractivity contribution in [3.8, 4) is 0 Å². The minimum atomic E-state index is -0.0611. The summed E-state index contributed by atoms with van der Waals surface area (Å²) < 4.78 is 0. The topological polar surface area (TPSA) is 61.4 Å². The lowest BCUT2D eigenvalue weighted by Crippen LogP contribution is -2.33. The Morgan fingerprint density at radius 2 is 1.74 bits per heavy atom. The van der Waals surface area contributed by atoms with Gasteiger partial charge < -0.3 is 10.6 Å². The summed E-state index contributed by atoms with van der Waals surface area (Å²) >= 11 is 0. The van der Waals surface area contributed by atoms with E-state index in [1.54, 1.807) is 12.1 Å². The summed E-state index contributed by atoms with van der Waals surface area (Å²) in [5, 5.41) is 5.74. The van der Waals surface area contributed by atoms with Gasteiger partial charge in [0, 0.05) is 45.2 Å². The summed E-state index contributed by atoms with van der Waals surface area (Å²) in [5.74, 6) is -0.112. The highest BCUT2D eigenvalue weighted by molar-refractivity contribution is 5.94. The molecule has 0 saturated heterocycles. The highest BCUT2D eigenvalue weighted by atomic mass is 16.2. The van der Waals surface area contributed by atoms with E-state index in [0.29, 0.717) is 18.7 Å². The van der Waals surface area contributed by atoms with Crippen molar-refractivity contribution >= 4 is 11.8 Å². The summed E-state index contributed by atoms with van der Waals surface area (Å²) in [5.41, 5.74) is 4.51. The van der Waals surface area contributed by atoms with Gasteiger partial charge in [-0.3, -0.25) is 14.5 Å². The monoisotopic (exact) mass is 365 g/mol. The SMILES string of the molecule is CC(=O)NCc1ccc(C(=O)NCCCN2CCc3ccccc3C2)cc1. The van der Waals surface area contributed by atoms with E-state index < -0.39 is 0 Å². The van der Waals surface area contributed by atoms with Crippen molar-refractivity contribution in [1.82, 2.24) is 15.5 Å². The molecule has 5 heteroatoms. The van der Waals surface area contributed by atoms with E-state index in [2.05, 4.69) is 39.8 Å². The van der Waals surface area contributed by atoms with Crippen molar-refractivity contribution in [3.63, 3.8) is 0 Å². The molecular weight excluding hydrogens is 338 g/mol. The molecule has 0 spiro atoms. The second-order valence-corrected chi connectivity index (χ2v) is 7.01. The standard InChI is InChI=1S/C22H27N3O2/c1-17(26)24-15-18-7-9-20(10-8-18)22(27)23-12-4-13-25-14-11-19-5-2-3-6-21(19)16-25/h2-3,5-10H,4,11-16H2,1H3,(H,23,27)(H,24,26). The molecule has 5 nitrogen and oxygen atoms in total. The number of nitrogens with one attached hydrogen (secondary N) is 2. The van der Waals surface area contributed by atoms with E-state index >= 15 is 0 Å². The molecule has 1 heterocycles. The summed E-state index contributed by atoms with van der Waals surface area (Å²) in [6.45, 7) is 5.72. The predicted molar refractivity (Wildman–Crippen MR) is 106 cm³/mol. The Kier molecular flexibility index (Phi) is 6.60. The molecule has 1 aliphatic heterocycles. The summed E-state index contributed by atoms with van der Waals surface area (Å²) in [6.07, 6.45) is 2.04. The zero-order valence-electron chi connectivity index (χ0n) is 15.8. The third-order valence-corrected chi connectivity index (χ3v) is 4.90. The molecule has 27 heavy (non-hydrogen) atoms. The Morgan fingerprint density at radius 3 is 2.48 bits per heavy atom. The van der Waals surface area contributed by atoms with Gasteiger partial charge in [-0.2, -0.15) is 0 Å². The first-order chi connectivity index (χ1) is 13.1. The second-order valence-electron chi connectivity index (χ2n) is 7.01. The molecule has 1 aliphatic rings. The van der Waals surface area contributed by atoms with Gasteiger partial charge in [0.2, 0.25) is 5.91 Å². The zero-order chi connectivity index (χ0) is 19.1. The fourth-order valence-electron chi connectivity index (χ4n) is 3.35. The van der Waals surface area contributed by atoms with Crippen LogP contribution in [0.25, 0.3) is 0 Å². The van der Waals surface area contributed by atoms with Crippen LogP contribution in [-0.2, 0) is 24.3 Å². The molecule has 0 fully saturated rings. The van der Waals surface area contributed by atoms with E-state index in [1.807, 2.05) is 12.1 Å². The normalized spacial score (nSPS) is 13.7. The maximum atomic E-state index is 12.2. The van der Waals surface area contributed by atoms with Crippen LogP contribution in [0.4, 0.5) is 0 Å². The third-order valence-electron chi connectivity index (χ3n) is 4.90. The Labute approximate surface area is 160 Å². The molecule has 0 radical (unpaired) electrons. The van der Waals surface area contributed by atoms with Crippen LogP contribution in [0.1, 0.15) is 40.4 Å². The third kappa shape index (κ3) is 5.66. The Balaban J connectivity index is 1.38. The van der Waals surface area contributed by atoms with Crippen molar-refractivity contribution < 1.29 is 9.59 Å². The van der Waals surface area contributed by atoms with Gasteiger partial charge in [-0.15, -0.1) is 0 Å².